The summed E-state index contributed by atoms with van der Waals surface area (Å²) in [5, 5.41) is 11.4. The number of alkyl halides is 3. The molecular formula is C15H18F3NO3. The van der Waals surface area contributed by atoms with Crippen LogP contribution in [0.3, 0.4) is 0 Å². The Morgan fingerprint density at radius 1 is 1.23 bits per heavy atom. The van der Waals surface area contributed by atoms with E-state index in [9.17, 15) is 22.8 Å². The number of aliphatic carboxylic acids is 1. The minimum absolute atomic E-state index is 0.150. The molecule has 0 saturated carbocycles. The molecule has 0 aliphatic rings. The number of hydrogen-bond donors (Lipinski definition) is 2. The van der Waals surface area contributed by atoms with Crippen molar-refractivity contribution >= 4 is 11.9 Å². The Kier molecular flexibility index (Phi) is 5.57. The van der Waals surface area contributed by atoms with Crippen molar-refractivity contribution in [1.82, 2.24) is 5.32 Å². The fourth-order valence-corrected chi connectivity index (χ4v) is 1.73. The Hall–Kier alpha value is -2.05. The highest BCUT2D eigenvalue weighted by atomic mass is 19.4. The van der Waals surface area contributed by atoms with Gasteiger partial charge in [0.05, 0.1) is 17.4 Å². The van der Waals surface area contributed by atoms with E-state index in [1.807, 2.05) is 0 Å². The van der Waals surface area contributed by atoms with Gasteiger partial charge in [0.1, 0.15) is 0 Å². The van der Waals surface area contributed by atoms with Gasteiger partial charge in [0, 0.05) is 6.54 Å². The van der Waals surface area contributed by atoms with Crippen LogP contribution in [0.1, 0.15) is 31.4 Å². The second-order valence-electron chi connectivity index (χ2n) is 5.66. The van der Waals surface area contributed by atoms with E-state index in [2.05, 4.69) is 5.32 Å². The van der Waals surface area contributed by atoms with E-state index in [0.29, 0.717) is 0 Å². The monoisotopic (exact) mass is 317 g/mol. The van der Waals surface area contributed by atoms with Gasteiger partial charge in [-0.25, -0.2) is 0 Å². The molecule has 1 amide bonds. The van der Waals surface area contributed by atoms with Crippen LogP contribution in [-0.4, -0.2) is 23.5 Å². The highest BCUT2D eigenvalue weighted by Crippen LogP contribution is 2.29. The van der Waals surface area contributed by atoms with E-state index in [-0.39, 0.29) is 24.9 Å². The number of amides is 1. The van der Waals surface area contributed by atoms with Gasteiger partial charge in [-0.15, -0.1) is 0 Å². The van der Waals surface area contributed by atoms with E-state index >= 15 is 0 Å². The summed E-state index contributed by atoms with van der Waals surface area (Å²) < 4.78 is 37.7. The third-order valence-electron chi connectivity index (χ3n) is 3.27. The molecule has 0 fully saturated rings. The number of nitrogens with one attached hydrogen (secondary N) is 1. The molecular weight excluding hydrogens is 299 g/mol. The van der Waals surface area contributed by atoms with Gasteiger partial charge >= 0.3 is 12.1 Å². The lowest BCUT2D eigenvalue weighted by Crippen LogP contribution is -2.32. The molecule has 4 nitrogen and oxygen atoms in total. The molecule has 0 atom stereocenters. The third-order valence-corrected chi connectivity index (χ3v) is 3.27. The van der Waals surface area contributed by atoms with Gasteiger partial charge in [-0.1, -0.05) is 18.2 Å². The number of carboxylic acids is 1. The van der Waals surface area contributed by atoms with E-state index in [1.54, 1.807) is 0 Å². The summed E-state index contributed by atoms with van der Waals surface area (Å²) in [6.07, 6.45) is -4.40. The van der Waals surface area contributed by atoms with Crippen molar-refractivity contribution in [3.8, 4) is 0 Å². The lowest BCUT2D eigenvalue weighted by Gasteiger charge is -2.18. The highest BCUT2D eigenvalue weighted by Gasteiger charge is 2.30. The second kappa shape index (κ2) is 6.81. The smallest absolute Gasteiger partial charge is 0.416 e. The summed E-state index contributed by atoms with van der Waals surface area (Å²) in [6, 6.07) is 4.56. The lowest BCUT2D eigenvalue weighted by molar-refractivity contribution is -0.147. The predicted molar refractivity (Wildman–Crippen MR) is 74.2 cm³/mol. The quantitative estimate of drug-likeness (QED) is 0.848. The molecule has 1 aromatic carbocycles. The van der Waals surface area contributed by atoms with Gasteiger partial charge in [-0.3, -0.25) is 9.59 Å². The molecule has 0 aliphatic heterocycles. The first kappa shape index (κ1) is 18.0. The topological polar surface area (TPSA) is 66.4 Å². The van der Waals surface area contributed by atoms with Crippen molar-refractivity contribution in [1.29, 1.82) is 0 Å². The minimum atomic E-state index is -4.45. The molecule has 0 saturated heterocycles. The summed E-state index contributed by atoms with van der Waals surface area (Å²) in [6.45, 7) is 3.22. The molecule has 2 N–H and O–H groups in total. The van der Waals surface area contributed by atoms with Gasteiger partial charge in [0.25, 0.3) is 0 Å². The molecule has 0 unspecified atom stereocenters. The summed E-state index contributed by atoms with van der Waals surface area (Å²) in [5.41, 5.74) is -1.52. The number of rotatable bonds is 6. The van der Waals surface area contributed by atoms with E-state index in [1.165, 1.54) is 26.0 Å². The summed E-state index contributed by atoms with van der Waals surface area (Å²) >= 11 is 0. The summed E-state index contributed by atoms with van der Waals surface area (Å²) in [5.74, 6) is -1.42. The Balaban J connectivity index is 2.54. The van der Waals surface area contributed by atoms with Crippen molar-refractivity contribution in [2.24, 2.45) is 5.41 Å². The Bertz CT molecular complexity index is 553. The summed E-state index contributed by atoms with van der Waals surface area (Å²) in [4.78, 5) is 22.6. The zero-order chi connectivity index (χ0) is 17.0. The zero-order valence-corrected chi connectivity index (χ0v) is 12.3. The normalized spacial score (nSPS) is 12.0. The first-order valence-electron chi connectivity index (χ1n) is 6.68. The van der Waals surface area contributed by atoms with E-state index in [0.717, 1.165) is 12.1 Å². The number of hydrogen-bond acceptors (Lipinski definition) is 2. The molecule has 1 rings (SSSR count). The molecule has 0 heterocycles. The third kappa shape index (κ3) is 5.38. The highest BCUT2D eigenvalue weighted by molar-refractivity contribution is 5.78. The van der Waals surface area contributed by atoms with Crippen LogP contribution in [-0.2, 0) is 22.2 Å². The number of carbonyl (C=O) groups is 2. The number of carbonyl (C=O) groups excluding carboxylic acids is 1. The number of carboxylic acid groups (broad SMARTS) is 1. The molecule has 0 aromatic heterocycles. The van der Waals surface area contributed by atoms with Crippen LogP contribution >= 0.6 is 0 Å². The van der Waals surface area contributed by atoms with Crippen LogP contribution < -0.4 is 5.32 Å². The SMILES string of the molecule is CC(C)(CCNC(=O)Cc1cccc(C(F)(F)F)c1)C(=O)O. The Labute approximate surface area is 126 Å². The van der Waals surface area contributed by atoms with Crippen molar-refractivity contribution < 1.29 is 27.9 Å². The lowest BCUT2D eigenvalue weighted by atomic mass is 9.90. The average molecular weight is 317 g/mol. The van der Waals surface area contributed by atoms with Crippen molar-refractivity contribution in [3.05, 3.63) is 35.4 Å². The van der Waals surface area contributed by atoms with Crippen LogP contribution in [0.4, 0.5) is 13.2 Å². The second-order valence-corrected chi connectivity index (χ2v) is 5.66. The zero-order valence-electron chi connectivity index (χ0n) is 12.3. The fraction of sp³-hybridized carbons (Fsp3) is 0.467. The van der Waals surface area contributed by atoms with Gasteiger partial charge in [-0.05, 0) is 31.9 Å². The van der Waals surface area contributed by atoms with E-state index in [4.69, 9.17) is 5.11 Å². The van der Waals surface area contributed by atoms with Gasteiger partial charge in [-0.2, -0.15) is 13.2 Å². The molecule has 122 valence electrons. The van der Waals surface area contributed by atoms with Gasteiger partial charge in [0.2, 0.25) is 5.91 Å². The average Bonchev–Trinajstić information content (AvgIpc) is 2.37. The molecule has 0 bridgehead atoms. The first-order valence-corrected chi connectivity index (χ1v) is 6.68. The predicted octanol–water partition coefficient (Wildman–Crippen LogP) is 2.87. The maximum Gasteiger partial charge on any atom is 0.416 e. The van der Waals surface area contributed by atoms with Crippen molar-refractivity contribution in [2.45, 2.75) is 32.9 Å². The number of benzene rings is 1. The van der Waals surface area contributed by atoms with Crippen LogP contribution in [0.2, 0.25) is 0 Å². The van der Waals surface area contributed by atoms with E-state index < -0.39 is 29.0 Å². The Morgan fingerprint density at radius 3 is 2.41 bits per heavy atom. The van der Waals surface area contributed by atoms with Crippen molar-refractivity contribution in [2.75, 3.05) is 6.54 Å². The van der Waals surface area contributed by atoms with Gasteiger partial charge < -0.3 is 10.4 Å². The molecule has 22 heavy (non-hydrogen) atoms. The Morgan fingerprint density at radius 2 is 1.86 bits per heavy atom. The molecule has 7 heteroatoms. The first-order chi connectivity index (χ1) is 10.0. The minimum Gasteiger partial charge on any atom is -0.481 e. The van der Waals surface area contributed by atoms with Crippen molar-refractivity contribution in [3.63, 3.8) is 0 Å². The van der Waals surface area contributed by atoms with Crippen LogP contribution in [0.25, 0.3) is 0 Å². The number of halogens is 3. The van der Waals surface area contributed by atoms with Gasteiger partial charge in [0.15, 0.2) is 0 Å². The van der Waals surface area contributed by atoms with Crippen LogP contribution in [0, 0.1) is 5.41 Å². The maximum absolute atomic E-state index is 12.6. The van der Waals surface area contributed by atoms with Crippen LogP contribution in [0.15, 0.2) is 24.3 Å². The largest absolute Gasteiger partial charge is 0.481 e. The fourth-order valence-electron chi connectivity index (χ4n) is 1.73. The molecule has 0 aliphatic carbocycles. The standard InChI is InChI=1S/C15H18F3NO3/c1-14(2,13(21)22)6-7-19-12(20)9-10-4-3-5-11(8-10)15(16,17)18/h3-5,8H,6-7,9H2,1-2H3,(H,19,20)(H,21,22). The van der Waals surface area contributed by atoms with Crippen LogP contribution in [0.5, 0.6) is 0 Å². The molecule has 0 spiro atoms. The molecule has 0 radical (unpaired) electrons. The maximum atomic E-state index is 12.6. The molecule has 1 aromatic rings. The summed E-state index contributed by atoms with van der Waals surface area (Å²) in [7, 11) is 0.